The summed E-state index contributed by atoms with van der Waals surface area (Å²) < 4.78 is 0. The van der Waals surface area contributed by atoms with Crippen molar-refractivity contribution < 1.29 is 0 Å². The monoisotopic (exact) mass is 235 g/mol. The highest BCUT2D eigenvalue weighted by molar-refractivity contribution is 6.21. The lowest BCUT2D eigenvalue weighted by Gasteiger charge is -2.30. The highest BCUT2D eigenvalue weighted by Crippen LogP contribution is 2.36. The minimum atomic E-state index is 0.357. The molecule has 2 aliphatic carbocycles. The molecule has 2 aliphatic rings. The molecule has 0 spiro atoms. The summed E-state index contributed by atoms with van der Waals surface area (Å²) in [6.45, 7) is 2.07. The van der Waals surface area contributed by atoms with Crippen LogP contribution in [0, 0.1) is 5.92 Å². The average Bonchev–Trinajstić information content (AvgIpc) is 3.08. The fourth-order valence-corrected chi connectivity index (χ4v) is 2.93. The maximum atomic E-state index is 6.26. The van der Waals surface area contributed by atoms with Crippen LogP contribution >= 0.6 is 11.6 Å². The van der Waals surface area contributed by atoms with Crippen LogP contribution in [0.3, 0.4) is 0 Å². The molecule has 1 N–H and O–H groups in total. The van der Waals surface area contributed by atoms with Gasteiger partial charge in [0.2, 0.25) is 0 Å². The van der Waals surface area contributed by atoms with Crippen LogP contribution in [0.1, 0.15) is 29.9 Å². The van der Waals surface area contributed by atoms with Crippen LogP contribution in [0.4, 0.5) is 0 Å². The molecule has 2 atom stereocenters. The summed E-state index contributed by atoms with van der Waals surface area (Å²) in [5, 5.41) is 3.87. The molecule has 1 aromatic rings. The zero-order valence-electron chi connectivity index (χ0n) is 9.45. The molecule has 1 nitrogen and oxygen atoms in total. The molecule has 0 bridgehead atoms. The highest BCUT2D eigenvalue weighted by Gasteiger charge is 2.30. The van der Waals surface area contributed by atoms with Crippen LogP contribution < -0.4 is 5.32 Å². The third kappa shape index (κ3) is 2.11. The fourth-order valence-electron chi connectivity index (χ4n) is 2.56. The van der Waals surface area contributed by atoms with Crippen molar-refractivity contribution in [2.24, 2.45) is 5.92 Å². The molecule has 0 aliphatic heterocycles. The van der Waals surface area contributed by atoms with Crippen LogP contribution in [0.2, 0.25) is 0 Å². The first-order valence-electron chi connectivity index (χ1n) is 6.27. The standard InChI is InChI=1S/C14H18ClN/c15-14(10-5-6-10)9-16-8-12-7-11-3-1-2-4-13(11)12/h1-4,10,12,14,16H,5-9H2. The molecule has 3 rings (SSSR count). The molecular formula is C14H18ClN. The van der Waals surface area contributed by atoms with Gasteiger partial charge in [0.15, 0.2) is 0 Å². The van der Waals surface area contributed by atoms with Crippen LogP contribution in [-0.2, 0) is 6.42 Å². The Morgan fingerprint density at radius 1 is 1.31 bits per heavy atom. The zero-order valence-corrected chi connectivity index (χ0v) is 10.2. The van der Waals surface area contributed by atoms with Crippen molar-refractivity contribution >= 4 is 11.6 Å². The summed E-state index contributed by atoms with van der Waals surface area (Å²) in [4.78, 5) is 0. The van der Waals surface area contributed by atoms with Crippen molar-refractivity contribution in [3.8, 4) is 0 Å². The van der Waals surface area contributed by atoms with E-state index in [1.165, 1.54) is 30.4 Å². The Morgan fingerprint density at radius 2 is 2.12 bits per heavy atom. The largest absolute Gasteiger partial charge is 0.315 e. The SMILES string of the molecule is ClC(CNCC1Cc2ccccc21)C1CC1. The second-order valence-corrected chi connectivity index (χ2v) is 5.67. The number of hydrogen-bond acceptors (Lipinski definition) is 1. The van der Waals surface area contributed by atoms with Crippen LogP contribution in [0.15, 0.2) is 24.3 Å². The van der Waals surface area contributed by atoms with E-state index in [0.717, 1.165) is 24.9 Å². The van der Waals surface area contributed by atoms with Crippen molar-refractivity contribution in [3.05, 3.63) is 35.4 Å². The molecule has 0 heterocycles. The Morgan fingerprint density at radius 3 is 2.88 bits per heavy atom. The molecule has 86 valence electrons. The van der Waals surface area contributed by atoms with Gasteiger partial charge in [0, 0.05) is 24.4 Å². The maximum Gasteiger partial charge on any atom is 0.0488 e. The summed E-state index contributed by atoms with van der Waals surface area (Å²) in [7, 11) is 0. The Hall–Kier alpha value is -0.530. The first kappa shape index (κ1) is 10.6. The van der Waals surface area contributed by atoms with Gasteiger partial charge >= 0.3 is 0 Å². The van der Waals surface area contributed by atoms with Crippen molar-refractivity contribution in [2.45, 2.75) is 30.6 Å². The van der Waals surface area contributed by atoms with Crippen LogP contribution in [0.5, 0.6) is 0 Å². The first-order valence-corrected chi connectivity index (χ1v) is 6.71. The van der Waals surface area contributed by atoms with Gasteiger partial charge in [-0.1, -0.05) is 24.3 Å². The van der Waals surface area contributed by atoms with Gasteiger partial charge in [0.25, 0.3) is 0 Å². The van der Waals surface area contributed by atoms with E-state index in [-0.39, 0.29) is 0 Å². The van der Waals surface area contributed by atoms with Gasteiger partial charge in [-0.05, 0) is 36.3 Å². The third-order valence-corrected chi connectivity index (χ3v) is 4.34. The summed E-state index contributed by atoms with van der Waals surface area (Å²) in [5.74, 6) is 1.52. The smallest absolute Gasteiger partial charge is 0.0488 e. The zero-order chi connectivity index (χ0) is 11.0. The van der Waals surface area contributed by atoms with Crippen LogP contribution in [0.25, 0.3) is 0 Å². The number of alkyl halides is 1. The Kier molecular flexibility index (Phi) is 2.91. The second-order valence-electron chi connectivity index (χ2n) is 5.11. The fraction of sp³-hybridized carbons (Fsp3) is 0.571. The third-order valence-electron chi connectivity index (χ3n) is 3.82. The molecule has 1 fully saturated rings. The topological polar surface area (TPSA) is 12.0 Å². The van der Waals surface area contributed by atoms with Crippen molar-refractivity contribution in [3.63, 3.8) is 0 Å². The van der Waals surface area contributed by atoms with E-state index in [4.69, 9.17) is 11.6 Å². The summed E-state index contributed by atoms with van der Waals surface area (Å²) >= 11 is 6.26. The van der Waals surface area contributed by atoms with Gasteiger partial charge in [0.05, 0.1) is 0 Å². The van der Waals surface area contributed by atoms with Gasteiger partial charge < -0.3 is 5.32 Å². The van der Waals surface area contributed by atoms with Crippen molar-refractivity contribution in [2.75, 3.05) is 13.1 Å². The minimum absolute atomic E-state index is 0.357. The second kappa shape index (κ2) is 4.38. The van der Waals surface area contributed by atoms with E-state index in [0.29, 0.717) is 5.38 Å². The van der Waals surface area contributed by atoms with E-state index < -0.39 is 0 Å². The van der Waals surface area contributed by atoms with E-state index in [1.807, 2.05) is 0 Å². The van der Waals surface area contributed by atoms with E-state index >= 15 is 0 Å². The molecule has 2 unspecified atom stereocenters. The molecule has 0 amide bonds. The summed E-state index contributed by atoms with van der Waals surface area (Å²) in [6, 6.07) is 8.76. The molecular weight excluding hydrogens is 218 g/mol. The predicted octanol–water partition coefficient (Wildman–Crippen LogP) is 2.93. The lowest BCUT2D eigenvalue weighted by Crippen LogP contribution is -2.33. The van der Waals surface area contributed by atoms with Gasteiger partial charge in [-0.25, -0.2) is 0 Å². The highest BCUT2D eigenvalue weighted by atomic mass is 35.5. The number of rotatable bonds is 5. The number of hydrogen-bond donors (Lipinski definition) is 1. The summed E-state index contributed by atoms with van der Waals surface area (Å²) in [6.07, 6.45) is 3.91. The Balaban J connectivity index is 1.44. The predicted molar refractivity (Wildman–Crippen MR) is 68.1 cm³/mol. The quantitative estimate of drug-likeness (QED) is 0.774. The van der Waals surface area contributed by atoms with E-state index in [2.05, 4.69) is 29.6 Å². The maximum absolute atomic E-state index is 6.26. The average molecular weight is 236 g/mol. The van der Waals surface area contributed by atoms with Crippen molar-refractivity contribution in [1.29, 1.82) is 0 Å². The van der Waals surface area contributed by atoms with E-state index in [9.17, 15) is 0 Å². The Bertz CT molecular complexity index is 373. The number of nitrogens with one attached hydrogen (secondary N) is 1. The van der Waals surface area contributed by atoms with Crippen LogP contribution in [-0.4, -0.2) is 18.5 Å². The van der Waals surface area contributed by atoms with Gasteiger partial charge in [0.1, 0.15) is 0 Å². The summed E-state index contributed by atoms with van der Waals surface area (Å²) in [5.41, 5.74) is 3.06. The van der Waals surface area contributed by atoms with Crippen molar-refractivity contribution in [1.82, 2.24) is 5.32 Å². The van der Waals surface area contributed by atoms with E-state index in [1.54, 1.807) is 0 Å². The lowest BCUT2D eigenvalue weighted by atomic mass is 9.77. The normalized spacial score (nSPS) is 24.7. The lowest BCUT2D eigenvalue weighted by molar-refractivity contribution is 0.522. The Labute approximate surface area is 102 Å². The number of fused-ring (bicyclic) bond motifs is 1. The molecule has 1 saturated carbocycles. The first-order chi connectivity index (χ1) is 7.84. The minimum Gasteiger partial charge on any atom is -0.315 e. The van der Waals surface area contributed by atoms with Gasteiger partial charge in [-0.2, -0.15) is 0 Å². The van der Waals surface area contributed by atoms with Gasteiger partial charge in [-0.15, -0.1) is 11.6 Å². The molecule has 0 radical (unpaired) electrons. The molecule has 2 heteroatoms. The number of halogens is 1. The molecule has 0 aromatic heterocycles. The molecule has 16 heavy (non-hydrogen) atoms. The number of benzene rings is 1. The molecule has 0 saturated heterocycles. The van der Waals surface area contributed by atoms with Gasteiger partial charge in [-0.3, -0.25) is 0 Å². The molecule has 1 aromatic carbocycles.